The molecule has 1 amide bonds. The average molecular weight is 1040 g/mol. The first kappa shape index (κ1) is 72.3. The summed E-state index contributed by atoms with van der Waals surface area (Å²) < 4.78 is 5.50. The Labute approximate surface area is 462 Å². The van der Waals surface area contributed by atoms with Crippen LogP contribution in [0, 0.1) is 0 Å². The smallest absolute Gasteiger partial charge is 0.305 e. The van der Waals surface area contributed by atoms with E-state index in [1.807, 2.05) is 6.08 Å². The molecule has 0 aliphatic carbocycles. The topological polar surface area (TPSA) is 95.9 Å². The van der Waals surface area contributed by atoms with E-state index in [4.69, 9.17) is 4.74 Å². The third kappa shape index (κ3) is 59.6. The van der Waals surface area contributed by atoms with Gasteiger partial charge in [0.1, 0.15) is 0 Å². The maximum Gasteiger partial charge on any atom is 0.305 e. The normalized spacial score (nSPS) is 12.6. The van der Waals surface area contributed by atoms with E-state index in [9.17, 15) is 19.8 Å². The Hall–Kier alpha value is -1.66. The highest BCUT2D eigenvalue weighted by molar-refractivity contribution is 5.76. The molecule has 0 aromatic rings. The van der Waals surface area contributed by atoms with E-state index >= 15 is 0 Å². The SMILES string of the molecule is CCCCCCCCCCCCCCCCCCC/C=C/C(O)C(CO)NC(=O)CCCCCCCCC/C=C\CCCCCCCCCCCCOC(=O)CCCCCCCCCCCCCCCCCCC. The molecule has 0 heterocycles. The number of nitrogens with one attached hydrogen (secondary N) is 1. The number of aliphatic hydroxyl groups is 2. The summed E-state index contributed by atoms with van der Waals surface area (Å²) >= 11 is 0. The van der Waals surface area contributed by atoms with E-state index in [2.05, 4.69) is 31.3 Å². The van der Waals surface area contributed by atoms with Crippen molar-refractivity contribution in [1.82, 2.24) is 5.32 Å². The van der Waals surface area contributed by atoms with Crippen LogP contribution in [-0.4, -0.2) is 47.4 Å². The van der Waals surface area contributed by atoms with Gasteiger partial charge in [0.2, 0.25) is 5.91 Å². The summed E-state index contributed by atoms with van der Waals surface area (Å²) in [6.07, 6.45) is 79.5. The first-order valence-corrected chi connectivity index (χ1v) is 33.6. The number of ether oxygens (including phenoxy) is 1. The van der Waals surface area contributed by atoms with Gasteiger partial charge in [0, 0.05) is 12.8 Å². The minimum absolute atomic E-state index is 0.0122. The number of rotatable bonds is 63. The highest BCUT2D eigenvalue weighted by Crippen LogP contribution is 2.18. The van der Waals surface area contributed by atoms with Crippen molar-refractivity contribution in [2.45, 2.75) is 386 Å². The Morgan fingerprint density at radius 1 is 0.365 bits per heavy atom. The summed E-state index contributed by atoms with van der Waals surface area (Å²) in [7, 11) is 0. The van der Waals surface area contributed by atoms with Gasteiger partial charge >= 0.3 is 5.97 Å². The van der Waals surface area contributed by atoms with Gasteiger partial charge in [-0.3, -0.25) is 9.59 Å². The Kier molecular flexibility index (Phi) is 62.4. The van der Waals surface area contributed by atoms with Crippen LogP contribution in [0.2, 0.25) is 0 Å². The second-order valence-corrected chi connectivity index (χ2v) is 23.2. The van der Waals surface area contributed by atoms with Crippen molar-refractivity contribution >= 4 is 11.9 Å². The van der Waals surface area contributed by atoms with Crippen molar-refractivity contribution in [3.63, 3.8) is 0 Å². The van der Waals surface area contributed by atoms with Crippen LogP contribution >= 0.6 is 0 Å². The zero-order valence-electron chi connectivity index (χ0n) is 50.1. The second kappa shape index (κ2) is 63.9. The Balaban J connectivity index is 3.43. The van der Waals surface area contributed by atoms with Crippen LogP contribution in [0.25, 0.3) is 0 Å². The lowest BCUT2D eigenvalue weighted by atomic mass is 10.0. The maximum absolute atomic E-state index is 12.5. The Morgan fingerprint density at radius 2 is 0.635 bits per heavy atom. The standard InChI is InChI=1S/C68H131NO5/c1-3-5-7-9-11-13-15-17-19-21-25-29-32-36-40-44-48-52-56-60-66(71)65(64-70)69-67(72)61-57-53-49-45-41-37-33-30-26-23-22-24-27-31-35-39-43-47-51-55-59-63-74-68(73)62-58-54-50-46-42-38-34-28-20-18-16-14-12-10-8-6-4-2/h23,26,56,60,65-66,70-71H,3-22,24-25,27-55,57-59,61-64H2,1-2H3,(H,69,72)/b26-23-,60-56+. The van der Waals surface area contributed by atoms with Crippen molar-refractivity contribution in [2.75, 3.05) is 13.2 Å². The third-order valence-corrected chi connectivity index (χ3v) is 15.7. The molecule has 0 saturated heterocycles. The summed E-state index contributed by atoms with van der Waals surface area (Å²) in [5.41, 5.74) is 0. The fourth-order valence-corrected chi connectivity index (χ4v) is 10.6. The number of hydrogen-bond acceptors (Lipinski definition) is 5. The molecule has 0 rings (SSSR count). The molecule has 0 aliphatic rings. The van der Waals surface area contributed by atoms with Crippen LogP contribution in [0.15, 0.2) is 24.3 Å². The van der Waals surface area contributed by atoms with E-state index < -0.39 is 12.1 Å². The first-order chi connectivity index (χ1) is 36.5. The lowest BCUT2D eigenvalue weighted by Gasteiger charge is -2.20. The molecule has 438 valence electrons. The van der Waals surface area contributed by atoms with Crippen LogP contribution in [-0.2, 0) is 14.3 Å². The monoisotopic (exact) mass is 1040 g/mol. The lowest BCUT2D eigenvalue weighted by Crippen LogP contribution is -2.45. The van der Waals surface area contributed by atoms with Crippen molar-refractivity contribution in [1.29, 1.82) is 0 Å². The fourth-order valence-electron chi connectivity index (χ4n) is 10.6. The molecule has 0 bridgehead atoms. The number of hydrogen-bond donors (Lipinski definition) is 3. The van der Waals surface area contributed by atoms with E-state index in [-0.39, 0.29) is 18.5 Å². The van der Waals surface area contributed by atoms with Gasteiger partial charge in [0.15, 0.2) is 0 Å². The summed E-state index contributed by atoms with van der Waals surface area (Å²) in [4.78, 5) is 24.6. The second-order valence-electron chi connectivity index (χ2n) is 23.2. The zero-order valence-corrected chi connectivity index (χ0v) is 50.1. The van der Waals surface area contributed by atoms with E-state index in [0.29, 0.717) is 19.4 Å². The number of allylic oxidation sites excluding steroid dienone is 3. The van der Waals surface area contributed by atoms with E-state index in [0.717, 1.165) is 44.9 Å². The third-order valence-electron chi connectivity index (χ3n) is 15.7. The molecule has 0 fully saturated rings. The summed E-state index contributed by atoms with van der Waals surface area (Å²) in [6, 6.07) is -0.634. The van der Waals surface area contributed by atoms with Crippen LogP contribution in [0.5, 0.6) is 0 Å². The number of carbonyl (C=O) groups is 2. The van der Waals surface area contributed by atoms with Gasteiger partial charge in [-0.05, 0) is 57.8 Å². The summed E-state index contributed by atoms with van der Waals surface area (Å²) in [5, 5.41) is 23.2. The number of unbranched alkanes of at least 4 members (excludes halogenated alkanes) is 50. The molecule has 6 nitrogen and oxygen atoms in total. The molecule has 3 N–H and O–H groups in total. The van der Waals surface area contributed by atoms with Crippen LogP contribution in [0.1, 0.15) is 373 Å². The van der Waals surface area contributed by atoms with Gasteiger partial charge in [0.05, 0.1) is 25.4 Å². The minimum Gasteiger partial charge on any atom is -0.466 e. The number of aliphatic hydroxyl groups excluding tert-OH is 2. The van der Waals surface area contributed by atoms with Crippen LogP contribution < -0.4 is 5.32 Å². The molecule has 6 heteroatoms. The first-order valence-electron chi connectivity index (χ1n) is 33.6. The molecular weight excluding hydrogens is 911 g/mol. The van der Waals surface area contributed by atoms with E-state index in [1.165, 1.54) is 302 Å². The van der Waals surface area contributed by atoms with E-state index in [1.54, 1.807) is 6.08 Å². The highest BCUT2D eigenvalue weighted by Gasteiger charge is 2.18. The molecule has 2 unspecified atom stereocenters. The number of esters is 1. The van der Waals surface area contributed by atoms with Gasteiger partial charge in [-0.15, -0.1) is 0 Å². The van der Waals surface area contributed by atoms with Crippen molar-refractivity contribution < 1.29 is 24.5 Å². The highest BCUT2D eigenvalue weighted by atomic mass is 16.5. The molecule has 74 heavy (non-hydrogen) atoms. The zero-order chi connectivity index (χ0) is 53.6. The van der Waals surface area contributed by atoms with Crippen molar-refractivity contribution in [2.24, 2.45) is 0 Å². The predicted molar refractivity (Wildman–Crippen MR) is 324 cm³/mol. The fraction of sp³-hybridized carbons (Fsp3) is 0.912. The minimum atomic E-state index is -0.850. The molecule has 2 atom stereocenters. The summed E-state index contributed by atoms with van der Waals surface area (Å²) in [5.74, 6) is -0.0603. The quantitative estimate of drug-likeness (QED) is 0.0320. The van der Waals surface area contributed by atoms with Gasteiger partial charge in [-0.2, -0.15) is 0 Å². The van der Waals surface area contributed by atoms with Crippen molar-refractivity contribution in [3.05, 3.63) is 24.3 Å². The molecule has 0 spiro atoms. The molecule has 0 saturated carbocycles. The summed E-state index contributed by atoms with van der Waals surface area (Å²) in [6.45, 7) is 4.93. The maximum atomic E-state index is 12.5. The Bertz CT molecular complexity index is 1150. The van der Waals surface area contributed by atoms with Gasteiger partial charge in [-0.1, -0.05) is 327 Å². The molecule has 0 aliphatic heterocycles. The molecule has 0 aromatic heterocycles. The molecule has 0 radical (unpaired) electrons. The molecular formula is C68H131NO5. The average Bonchev–Trinajstić information content (AvgIpc) is 3.40. The molecule has 0 aromatic carbocycles. The Morgan fingerprint density at radius 3 is 0.959 bits per heavy atom. The van der Waals surface area contributed by atoms with Gasteiger partial charge in [-0.25, -0.2) is 0 Å². The van der Waals surface area contributed by atoms with Gasteiger partial charge < -0.3 is 20.3 Å². The van der Waals surface area contributed by atoms with Gasteiger partial charge in [0.25, 0.3) is 0 Å². The number of amides is 1. The predicted octanol–water partition coefficient (Wildman–Crippen LogP) is 21.4. The largest absolute Gasteiger partial charge is 0.466 e. The lowest BCUT2D eigenvalue weighted by molar-refractivity contribution is -0.143. The van der Waals surface area contributed by atoms with Crippen LogP contribution in [0.3, 0.4) is 0 Å². The van der Waals surface area contributed by atoms with Crippen molar-refractivity contribution in [3.8, 4) is 0 Å². The number of carbonyl (C=O) groups excluding carboxylic acids is 2. The van der Waals surface area contributed by atoms with Crippen LogP contribution in [0.4, 0.5) is 0 Å².